The van der Waals surface area contributed by atoms with Crippen molar-refractivity contribution in [2.24, 2.45) is 5.41 Å². The molecule has 1 aliphatic rings. The number of hydrogen-bond acceptors (Lipinski definition) is 4. The molecule has 1 unspecified atom stereocenters. The first-order valence-corrected chi connectivity index (χ1v) is 11.2. The van der Waals surface area contributed by atoms with Gasteiger partial charge in [-0.2, -0.15) is 0 Å². The second kappa shape index (κ2) is 9.71. The van der Waals surface area contributed by atoms with E-state index in [2.05, 4.69) is 37.1 Å². The summed E-state index contributed by atoms with van der Waals surface area (Å²) in [5.41, 5.74) is 0.407. The smallest absolute Gasteiger partial charge is 0.253 e. The predicted octanol–water partition coefficient (Wildman–Crippen LogP) is 3.94. The summed E-state index contributed by atoms with van der Waals surface area (Å²) in [6, 6.07) is 9.68. The first-order valence-electron chi connectivity index (χ1n) is 10.3. The number of amides is 2. The Labute approximate surface area is 181 Å². The SMILES string of the molecule is CC(C)(C)C(NC(=O)CN1CCCN(C(=O)c2ccc(F)cc2)CC1)c1cccs1. The Morgan fingerprint density at radius 1 is 1.10 bits per heavy atom. The monoisotopic (exact) mass is 431 g/mol. The zero-order valence-corrected chi connectivity index (χ0v) is 18.7. The van der Waals surface area contributed by atoms with E-state index in [1.165, 1.54) is 24.3 Å². The van der Waals surface area contributed by atoms with Crippen LogP contribution in [0.3, 0.4) is 0 Å². The summed E-state index contributed by atoms with van der Waals surface area (Å²) in [4.78, 5) is 30.5. The molecule has 5 nitrogen and oxygen atoms in total. The lowest BCUT2D eigenvalue weighted by atomic mass is 9.85. The zero-order valence-electron chi connectivity index (χ0n) is 17.9. The second-order valence-corrected chi connectivity index (χ2v) is 9.79. The van der Waals surface area contributed by atoms with Crippen LogP contribution >= 0.6 is 11.3 Å². The Morgan fingerprint density at radius 3 is 2.47 bits per heavy atom. The van der Waals surface area contributed by atoms with Gasteiger partial charge in [-0.05, 0) is 47.5 Å². The number of nitrogens with zero attached hydrogens (tertiary/aromatic N) is 2. The molecular weight excluding hydrogens is 401 g/mol. The van der Waals surface area contributed by atoms with Gasteiger partial charge in [0.15, 0.2) is 0 Å². The molecule has 1 atom stereocenters. The summed E-state index contributed by atoms with van der Waals surface area (Å²) >= 11 is 1.66. The van der Waals surface area contributed by atoms with E-state index in [1.54, 1.807) is 16.2 Å². The maximum atomic E-state index is 13.1. The van der Waals surface area contributed by atoms with E-state index in [0.717, 1.165) is 17.8 Å². The first-order chi connectivity index (χ1) is 14.2. The van der Waals surface area contributed by atoms with Crippen molar-refractivity contribution in [3.05, 3.63) is 58.0 Å². The number of thiophene rings is 1. The zero-order chi connectivity index (χ0) is 21.7. The number of hydrogen-bond donors (Lipinski definition) is 1. The molecule has 30 heavy (non-hydrogen) atoms. The molecule has 1 aromatic carbocycles. The largest absolute Gasteiger partial charge is 0.347 e. The van der Waals surface area contributed by atoms with Gasteiger partial charge in [-0.1, -0.05) is 26.8 Å². The van der Waals surface area contributed by atoms with Crippen molar-refractivity contribution in [1.82, 2.24) is 15.1 Å². The summed E-state index contributed by atoms with van der Waals surface area (Å²) in [5, 5.41) is 5.24. The van der Waals surface area contributed by atoms with Crippen LogP contribution < -0.4 is 5.32 Å². The third kappa shape index (κ3) is 5.89. The van der Waals surface area contributed by atoms with Gasteiger partial charge in [0.25, 0.3) is 5.91 Å². The molecule has 1 N–H and O–H groups in total. The normalized spacial score (nSPS) is 16.7. The number of halogens is 1. The number of carbonyl (C=O) groups excluding carboxylic acids is 2. The minimum absolute atomic E-state index is 0.00151. The van der Waals surface area contributed by atoms with Crippen molar-refractivity contribution in [2.45, 2.75) is 33.2 Å². The highest BCUT2D eigenvalue weighted by Gasteiger charge is 2.29. The fraction of sp³-hybridized carbons (Fsp3) is 0.478. The number of benzene rings is 1. The summed E-state index contributed by atoms with van der Waals surface area (Å²) < 4.78 is 13.1. The lowest BCUT2D eigenvalue weighted by molar-refractivity contribution is -0.123. The molecule has 0 radical (unpaired) electrons. The molecule has 3 rings (SSSR count). The van der Waals surface area contributed by atoms with Crippen molar-refractivity contribution in [3.8, 4) is 0 Å². The maximum Gasteiger partial charge on any atom is 0.253 e. The van der Waals surface area contributed by atoms with Gasteiger partial charge >= 0.3 is 0 Å². The van der Waals surface area contributed by atoms with Gasteiger partial charge in [0.05, 0.1) is 12.6 Å². The summed E-state index contributed by atoms with van der Waals surface area (Å²) in [6.45, 7) is 9.29. The van der Waals surface area contributed by atoms with Gasteiger partial charge in [-0.3, -0.25) is 14.5 Å². The molecule has 2 heterocycles. The van der Waals surface area contributed by atoms with Gasteiger partial charge in [0.1, 0.15) is 5.82 Å². The Kier molecular flexibility index (Phi) is 7.26. The number of rotatable bonds is 5. The highest BCUT2D eigenvalue weighted by Crippen LogP contribution is 2.35. The van der Waals surface area contributed by atoms with E-state index in [4.69, 9.17) is 0 Å². The first kappa shape index (κ1) is 22.4. The van der Waals surface area contributed by atoms with Crippen LogP contribution in [0, 0.1) is 11.2 Å². The molecule has 0 spiro atoms. The molecule has 1 aromatic heterocycles. The molecule has 1 fully saturated rings. The highest BCUT2D eigenvalue weighted by molar-refractivity contribution is 7.10. The minimum Gasteiger partial charge on any atom is -0.347 e. The van der Waals surface area contributed by atoms with Crippen molar-refractivity contribution < 1.29 is 14.0 Å². The molecule has 162 valence electrons. The van der Waals surface area contributed by atoms with E-state index in [-0.39, 0.29) is 29.1 Å². The molecule has 1 saturated heterocycles. The number of nitrogens with one attached hydrogen (secondary N) is 1. The van der Waals surface area contributed by atoms with Crippen molar-refractivity contribution in [2.75, 3.05) is 32.7 Å². The van der Waals surface area contributed by atoms with Crippen LogP contribution in [0.2, 0.25) is 0 Å². The molecule has 0 saturated carbocycles. The number of carbonyl (C=O) groups is 2. The van der Waals surface area contributed by atoms with Crippen LogP contribution in [-0.4, -0.2) is 54.3 Å². The average molecular weight is 432 g/mol. The quantitative estimate of drug-likeness (QED) is 0.780. The Bertz CT molecular complexity index is 846. The van der Waals surface area contributed by atoms with Crippen LogP contribution in [-0.2, 0) is 4.79 Å². The van der Waals surface area contributed by atoms with Crippen molar-refractivity contribution in [3.63, 3.8) is 0 Å². The van der Waals surface area contributed by atoms with E-state index >= 15 is 0 Å². The maximum absolute atomic E-state index is 13.1. The van der Waals surface area contributed by atoms with Crippen LogP contribution in [0.25, 0.3) is 0 Å². The minimum atomic E-state index is -0.351. The summed E-state index contributed by atoms with van der Waals surface area (Å²) in [5.74, 6) is -0.441. The van der Waals surface area contributed by atoms with E-state index in [9.17, 15) is 14.0 Å². The standard InChI is InChI=1S/C23H30FN3O2S/c1-23(2,3)21(19-6-4-15-30-19)25-20(28)16-26-11-5-12-27(14-13-26)22(29)17-7-9-18(24)10-8-17/h4,6-10,15,21H,5,11-14,16H2,1-3H3,(H,25,28). The molecule has 2 aromatic rings. The van der Waals surface area contributed by atoms with Gasteiger partial charge in [-0.25, -0.2) is 4.39 Å². The third-order valence-corrected chi connectivity index (χ3v) is 6.27. The Morgan fingerprint density at radius 2 is 1.83 bits per heavy atom. The fourth-order valence-electron chi connectivity index (χ4n) is 3.69. The second-order valence-electron chi connectivity index (χ2n) is 8.81. The van der Waals surface area contributed by atoms with Crippen molar-refractivity contribution in [1.29, 1.82) is 0 Å². The molecule has 0 bridgehead atoms. The van der Waals surface area contributed by atoms with Gasteiger partial charge in [0, 0.05) is 36.6 Å². The molecular formula is C23H30FN3O2S. The highest BCUT2D eigenvalue weighted by atomic mass is 32.1. The summed E-state index contributed by atoms with van der Waals surface area (Å²) in [6.07, 6.45) is 0.799. The van der Waals surface area contributed by atoms with Gasteiger partial charge < -0.3 is 10.2 Å². The third-order valence-electron chi connectivity index (χ3n) is 5.33. The lowest BCUT2D eigenvalue weighted by Gasteiger charge is -2.31. The van der Waals surface area contributed by atoms with E-state index < -0.39 is 0 Å². The van der Waals surface area contributed by atoms with Crippen molar-refractivity contribution >= 4 is 23.2 Å². The van der Waals surface area contributed by atoms with E-state index in [1.807, 2.05) is 11.4 Å². The summed E-state index contributed by atoms with van der Waals surface area (Å²) in [7, 11) is 0. The topological polar surface area (TPSA) is 52.7 Å². The van der Waals surface area contributed by atoms with E-state index in [0.29, 0.717) is 31.7 Å². The van der Waals surface area contributed by atoms with Crippen LogP contribution in [0.15, 0.2) is 41.8 Å². The van der Waals surface area contributed by atoms with Crippen LogP contribution in [0.1, 0.15) is 48.5 Å². The Balaban J connectivity index is 1.55. The van der Waals surface area contributed by atoms with Crippen LogP contribution in [0.5, 0.6) is 0 Å². The molecule has 7 heteroatoms. The fourth-order valence-corrected chi connectivity index (χ4v) is 4.71. The van der Waals surface area contributed by atoms with Gasteiger partial charge in [-0.15, -0.1) is 11.3 Å². The molecule has 1 aliphatic heterocycles. The molecule has 0 aliphatic carbocycles. The lowest BCUT2D eigenvalue weighted by Crippen LogP contribution is -2.43. The van der Waals surface area contributed by atoms with Gasteiger partial charge in [0.2, 0.25) is 5.91 Å². The predicted molar refractivity (Wildman–Crippen MR) is 118 cm³/mol. The Hall–Kier alpha value is -2.25. The molecule has 2 amide bonds. The van der Waals surface area contributed by atoms with Crippen LogP contribution in [0.4, 0.5) is 4.39 Å². The average Bonchev–Trinajstić information content (AvgIpc) is 3.12.